The number of aliphatic hydroxyl groups excluding tert-OH is 1. The number of β-amino-alcohol motifs (C(OH)–C–C–N with tert-alkyl or cyclic N) is 1. The quantitative estimate of drug-likeness (QED) is 0.920. The second-order valence-electron chi connectivity index (χ2n) is 5.92. The summed E-state index contributed by atoms with van der Waals surface area (Å²) < 4.78 is 0. The van der Waals surface area contributed by atoms with E-state index >= 15 is 0 Å². The summed E-state index contributed by atoms with van der Waals surface area (Å²) in [6, 6.07) is 2.12. The van der Waals surface area contributed by atoms with Crippen LogP contribution in [0.15, 0.2) is 11.4 Å². The predicted octanol–water partition coefficient (Wildman–Crippen LogP) is 1.76. The molecule has 3 rings (SSSR count). The molecule has 1 saturated heterocycles. The fraction of sp³-hybridized carbons (Fsp3) is 0.667. The average Bonchev–Trinajstić information content (AvgIpc) is 3.16. The molecule has 1 aliphatic heterocycles. The van der Waals surface area contributed by atoms with Crippen molar-refractivity contribution in [2.75, 3.05) is 32.7 Å². The predicted molar refractivity (Wildman–Crippen MR) is 80.3 cm³/mol. The zero-order chi connectivity index (χ0) is 14.1. The zero-order valence-electron chi connectivity index (χ0n) is 11.9. The fourth-order valence-corrected chi connectivity index (χ4v) is 3.81. The standard InChI is InChI=1S/C15H22N2O2S/c1-11(18)10-16-5-7-17(8-6-16)15(19)14-13(4-9-20-14)12-2-3-12/h4,9,11-12,18H,2-3,5-8,10H2,1H3. The molecule has 5 heteroatoms. The Morgan fingerprint density at radius 2 is 2.10 bits per heavy atom. The van der Waals surface area contributed by atoms with Gasteiger partial charge in [0.05, 0.1) is 11.0 Å². The van der Waals surface area contributed by atoms with Gasteiger partial charge >= 0.3 is 0 Å². The van der Waals surface area contributed by atoms with E-state index in [1.54, 1.807) is 11.3 Å². The van der Waals surface area contributed by atoms with Crippen molar-refractivity contribution in [1.29, 1.82) is 0 Å². The van der Waals surface area contributed by atoms with Crippen LogP contribution in [-0.4, -0.2) is 59.6 Å². The summed E-state index contributed by atoms with van der Waals surface area (Å²) in [4.78, 5) is 17.8. The molecule has 1 unspecified atom stereocenters. The third kappa shape index (κ3) is 3.05. The molecule has 1 aromatic heterocycles. The van der Waals surface area contributed by atoms with E-state index < -0.39 is 0 Å². The summed E-state index contributed by atoms with van der Waals surface area (Å²) in [5.74, 6) is 0.843. The lowest BCUT2D eigenvalue weighted by Crippen LogP contribution is -2.50. The largest absolute Gasteiger partial charge is 0.392 e. The van der Waals surface area contributed by atoms with E-state index in [9.17, 15) is 9.90 Å². The van der Waals surface area contributed by atoms with E-state index in [0.29, 0.717) is 12.5 Å². The van der Waals surface area contributed by atoms with E-state index in [2.05, 4.69) is 11.0 Å². The molecule has 2 aliphatic rings. The lowest BCUT2D eigenvalue weighted by atomic mass is 10.1. The average molecular weight is 294 g/mol. The summed E-state index contributed by atoms with van der Waals surface area (Å²) in [5, 5.41) is 11.5. The van der Waals surface area contributed by atoms with Gasteiger partial charge in [0.25, 0.3) is 5.91 Å². The number of carbonyl (C=O) groups is 1. The van der Waals surface area contributed by atoms with E-state index in [-0.39, 0.29) is 12.0 Å². The van der Waals surface area contributed by atoms with E-state index in [4.69, 9.17) is 0 Å². The molecular weight excluding hydrogens is 272 g/mol. The normalized spacial score (nSPS) is 22.0. The van der Waals surface area contributed by atoms with Gasteiger partial charge in [-0.05, 0) is 42.7 Å². The van der Waals surface area contributed by atoms with Crippen LogP contribution >= 0.6 is 11.3 Å². The topological polar surface area (TPSA) is 43.8 Å². The number of hydrogen-bond donors (Lipinski definition) is 1. The molecule has 1 atom stereocenters. The third-order valence-electron chi connectivity index (χ3n) is 4.09. The van der Waals surface area contributed by atoms with Crippen molar-refractivity contribution in [2.24, 2.45) is 0 Å². The number of amides is 1. The number of hydrogen-bond acceptors (Lipinski definition) is 4. The molecule has 1 aliphatic carbocycles. The van der Waals surface area contributed by atoms with Crippen molar-refractivity contribution in [3.05, 3.63) is 21.9 Å². The van der Waals surface area contributed by atoms with E-state index in [1.165, 1.54) is 18.4 Å². The van der Waals surface area contributed by atoms with Gasteiger partial charge < -0.3 is 10.0 Å². The van der Waals surface area contributed by atoms with Gasteiger partial charge in [-0.25, -0.2) is 0 Å². The van der Waals surface area contributed by atoms with Crippen LogP contribution in [0.25, 0.3) is 0 Å². The van der Waals surface area contributed by atoms with Gasteiger partial charge in [-0.15, -0.1) is 11.3 Å². The van der Waals surface area contributed by atoms with Gasteiger partial charge in [0.15, 0.2) is 0 Å². The van der Waals surface area contributed by atoms with Crippen molar-refractivity contribution in [3.63, 3.8) is 0 Å². The minimum Gasteiger partial charge on any atom is -0.392 e. The maximum absolute atomic E-state index is 12.6. The summed E-state index contributed by atoms with van der Waals surface area (Å²) in [6.07, 6.45) is 2.18. The molecule has 1 saturated carbocycles. The first kappa shape index (κ1) is 14.0. The van der Waals surface area contributed by atoms with Gasteiger partial charge in [-0.3, -0.25) is 9.69 Å². The lowest BCUT2D eigenvalue weighted by molar-refractivity contribution is 0.0557. The van der Waals surface area contributed by atoms with Gasteiger partial charge in [0, 0.05) is 32.7 Å². The van der Waals surface area contributed by atoms with Crippen LogP contribution in [0.5, 0.6) is 0 Å². The van der Waals surface area contributed by atoms with Crippen molar-refractivity contribution < 1.29 is 9.90 Å². The summed E-state index contributed by atoms with van der Waals surface area (Å²) in [7, 11) is 0. The van der Waals surface area contributed by atoms with Crippen molar-refractivity contribution in [2.45, 2.75) is 31.8 Å². The highest BCUT2D eigenvalue weighted by atomic mass is 32.1. The molecular formula is C15H22N2O2S. The Morgan fingerprint density at radius 1 is 1.40 bits per heavy atom. The monoisotopic (exact) mass is 294 g/mol. The first-order chi connectivity index (χ1) is 9.65. The second kappa shape index (κ2) is 5.84. The van der Waals surface area contributed by atoms with Crippen LogP contribution in [0.4, 0.5) is 0 Å². The van der Waals surface area contributed by atoms with Crippen molar-refractivity contribution in [3.8, 4) is 0 Å². The number of aliphatic hydroxyl groups is 1. The minimum absolute atomic E-state index is 0.207. The summed E-state index contributed by atoms with van der Waals surface area (Å²) in [5.41, 5.74) is 1.27. The highest BCUT2D eigenvalue weighted by Gasteiger charge is 2.31. The maximum atomic E-state index is 12.6. The lowest BCUT2D eigenvalue weighted by Gasteiger charge is -2.35. The van der Waals surface area contributed by atoms with Crippen LogP contribution in [-0.2, 0) is 0 Å². The first-order valence-electron chi connectivity index (χ1n) is 7.42. The number of piperazine rings is 1. The number of carbonyl (C=O) groups excluding carboxylic acids is 1. The van der Waals surface area contributed by atoms with Gasteiger partial charge in [0.1, 0.15) is 0 Å². The first-order valence-corrected chi connectivity index (χ1v) is 8.30. The molecule has 2 heterocycles. The smallest absolute Gasteiger partial charge is 0.264 e. The zero-order valence-corrected chi connectivity index (χ0v) is 12.7. The number of thiophene rings is 1. The Hall–Kier alpha value is -0.910. The molecule has 4 nitrogen and oxygen atoms in total. The fourth-order valence-electron chi connectivity index (χ4n) is 2.86. The minimum atomic E-state index is -0.295. The van der Waals surface area contributed by atoms with Gasteiger partial charge in [0.2, 0.25) is 0 Å². The molecule has 0 aromatic carbocycles. The van der Waals surface area contributed by atoms with Crippen LogP contribution in [0.2, 0.25) is 0 Å². The molecule has 0 radical (unpaired) electrons. The third-order valence-corrected chi connectivity index (χ3v) is 5.01. The molecule has 1 N–H and O–H groups in total. The van der Waals surface area contributed by atoms with Crippen molar-refractivity contribution in [1.82, 2.24) is 9.80 Å². The SMILES string of the molecule is CC(O)CN1CCN(C(=O)c2sccc2C2CC2)CC1. The Bertz CT molecular complexity index is 474. The molecule has 0 bridgehead atoms. The Labute approximate surface area is 124 Å². The molecule has 110 valence electrons. The molecule has 1 amide bonds. The number of nitrogens with zero attached hydrogens (tertiary/aromatic N) is 2. The molecule has 2 fully saturated rings. The highest BCUT2D eigenvalue weighted by Crippen LogP contribution is 2.43. The molecule has 1 aromatic rings. The van der Waals surface area contributed by atoms with Gasteiger partial charge in [-0.1, -0.05) is 0 Å². The summed E-state index contributed by atoms with van der Waals surface area (Å²) >= 11 is 1.59. The van der Waals surface area contributed by atoms with Crippen LogP contribution in [0.1, 0.15) is 40.9 Å². The Balaban J connectivity index is 1.60. The molecule has 20 heavy (non-hydrogen) atoms. The highest BCUT2D eigenvalue weighted by molar-refractivity contribution is 7.12. The van der Waals surface area contributed by atoms with E-state index in [1.807, 2.05) is 17.2 Å². The molecule has 0 spiro atoms. The Morgan fingerprint density at radius 3 is 2.70 bits per heavy atom. The summed E-state index contributed by atoms with van der Waals surface area (Å²) in [6.45, 7) is 5.78. The van der Waals surface area contributed by atoms with Crippen molar-refractivity contribution >= 4 is 17.2 Å². The maximum Gasteiger partial charge on any atom is 0.264 e. The van der Waals surface area contributed by atoms with Crippen LogP contribution < -0.4 is 0 Å². The van der Waals surface area contributed by atoms with Gasteiger partial charge in [-0.2, -0.15) is 0 Å². The second-order valence-corrected chi connectivity index (χ2v) is 6.84. The number of rotatable bonds is 4. The van der Waals surface area contributed by atoms with Crippen LogP contribution in [0.3, 0.4) is 0 Å². The Kier molecular flexibility index (Phi) is 4.10. The van der Waals surface area contributed by atoms with Crippen LogP contribution in [0, 0.1) is 0 Å². The van der Waals surface area contributed by atoms with E-state index in [0.717, 1.165) is 31.1 Å².